The van der Waals surface area contributed by atoms with Crippen molar-refractivity contribution in [3.63, 3.8) is 0 Å². The van der Waals surface area contributed by atoms with Crippen LogP contribution in [0.3, 0.4) is 0 Å². The number of benzene rings is 2. The molecule has 158 valence electrons. The minimum Gasteiger partial charge on any atom is -0.508 e. The number of pyridine rings is 1. The lowest BCUT2D eigenvalue weighted by Gasteiger charge is -2.24. The first-order valence-electron chi connectivity index (χ1n) is 9.59. The Kier molecular flexibility index (Phi) is 6.37. The van der Waals surface area contributed by atoms with Crippen LogP contribution in [-0.2, 0) is 4.74 Å². The van der Waals surface area contributed by atoms with Gasteiger partial charge in [-0.3, -0.25) is 0 Å². The number of hydrogen-bond donors (Lipinski definition) is 1. The van der Waals surface area contributed by atoms with Gasteiger partial charge in [-0.25, -0.2) is 9.78 Å². The third-order valence-corrected chi connectivity index (χ3v) is 4.61. The van der Waals surface area contributed by atoms with Crippen molar-refractivity contribution in [3.8, 4) is 22.8 Å². The molecule has 7 heteroatoms. The lowest BCUT2D eigenvalue weighted by molar-refractivity contribution is 0.0278. The molecule has 0 saturated carbocycles. The summed E-state index contributed by atoms with van der Waals surface area (Å²) in [7, 11) is 1.67. The summed E-state index contributed by atoms with van der Waals surface area (Å²) in [6, 6.07) is 14.2. The summed E-state index contributed by atoms with van der Waals surface area (Å²) in [6.45, 7) is 6.24. The van der Waals surface area contributed by atoms with Gasteiger partial charge in [-0.2, -0.15) is 0 Å². The van der Waals surface area contributed by atoms with Crippen LogP contribution in [0.4, 0.5) is 4.79 Å². The van der Waals surface area contributed by atoms with Gasteiger partial charge in [-0.05, 0) is 63.2 Å². The summed E-state index contributed by atoms with van der Waals surface area (Å²) in [5.74, 6) is 0.823. The van der Waals surface area contributed by atoms with E-state index in [0.717, 1.165) is 10.9 Å². The molecule has 0 radical (unpaired) electrons. The Morgan fingerprint density at radius 1 is 1.13 bits per heavy atom. The van der Waals surface area contributed by atoms with Gasteiger partial charge in [0, 0.05) is 24.1 Å². The topological polar surface area (TPSA) is 71.9 Å². The SMILES string of the molecule is CN(CCOc1ccc(-c2cc(Cl)c3ccc(O)cc3n2)cc1)C(=O)OC(C)(C)C. The molecule has 0 atom stereocenters. The van der Waals surface area contributed by atoms with Crippen LogP contribution in [-0.4, -0.2) is 46.9 Å². The zero-order valence-electron chi connectivity index (χ0n) is 17.5. The molecular weight excluding hydrogens is 404 g/mol. The molecule has 1 amide bonds. The van der Waals surface area contributed by atoms with Crippen molar-refractivity contribution in [2.24, 2.45) is 0 Å². The fourth-order valence-corrected chi connectivity index (χ4v) is 3.04. The fraction of sp³-hybridized carbons (Fsp3) is 0.304. The van der Waals surface area contributed by atoms with Crippen molar-refractivity contribution in [2.75, 3.05) is 20.2 Å². The Morgan fingerprint density at radius 2 is 1.83 bits per heavy atom. The van der Waals surface area contributed by atoms with Crippen molar-refractivity contribution < 1.29 is 19.4 Å². The maximum absolute atomic E-state index is 12.0. The number of aromatic hydroxyl groups is 1. The van der Waals surface area contributed by atoms with Crippen molar-refractivity contribution in [1.29, 1.82) is 0 Å². The maximum Gasteiger partial charge on any atom is 0.410 e. The average Bonchev–Trinajstić information content (AvgIpc) is 2.66. The van der Waals surface area contributed by atoms with Crippen LogP contribution in [0.2, 0.25) is 5.02 Å². The Morgan fingerprint density at radius 3 is 2.50 bits per heavy atom. The van der Waals surface area contributed by atoms with Crippen LogP contribution in [0.25, 0.3) is 22.2 Å². The van der Waals surface area contributed by atoms with Gasteiger partial charge in [0.15, 0.2) is 0 Å². The number of nitrogens with zero attached hydrogens (tertiary/aromatic N) is 2. The number of likely N-dealkylation sites (N-methyl/N-ethyl adjacent to an activating group) is 1. The fourth-order valence-electron chi connectivity index (χ4n) is 2.78. The van der Waals surface area contributed by atoms with E-state index in [2.05, 4.69) is 4.98 Å². The monoisotopic (exact) mass is 428 g/mol. The van der Waals surface area contributed by atoms with Gasteiger partial charge in [0.2, 0.25) is 0 Å². The molecule has 0 unspecified atom stereocenters. The van der Waals surface area contributed by atoms with E-state index in [4.69, 9.17) is 21.1 Å². The van der Waals surface area contributed by atoms with E-state index in [1.54, 1.807) is 31.3 Å². The zero-order chi connectivity index (χ0) is 21.9. The first-order chi connectivity index (χ1) is 14.1. The van der Waals surface area contributed by atoms with Gasteiger partial charge in [-0.1, -0.05) is 11.6 Å². The van der Waals surface area contributed by atoms with Crippen molar-refractivity contribution >= 4 is 28.6 Å². The highest BCUT2D eigenvalue weighted by Gasteiger charge is 2.19. The van der Waals surface area contributed by atoms with Gasteiger partial charge < -0.3 is 19.5 Å². The number of amides is 1. The van der Waals surface area contributed by atoms with E-state index >= 15 is 0 Å². The minimum absolute atomic E-state index is 0.142. The van der Waals surface area contributed by atoms with Gasteiger partial charge in [0.05, 0.1) is 22.8 Å². The molecule has 1 heterocycles. The number of carbonyl (C=O) groups is 1. The van der Waals surface area contributed by atoms with Crippen LogP contribution in [0.15, 0.2) is 48.5 Å². The highest BCUT2D eigenvalue weighted by molar-refractivity contribution is 6.35. The lowest BCUT2D eigenvalue weighted by Crippen LogP contribution is -2.36. The zero-order valence-corrected chi connectivity index (χ0v) is 18.2. The van der Waals surface area contributed by atoms with Gasteiger partial charge in [0.25, 0.3) is 0 Å². The number of phenols is 1. The van der Waals surface area contributed by atoms with E-state index in [1.807, 2.05) is 45.0 Å². The summed E-state index contributed by atoms with van der Waals surface area (Å²) in [5, 5.41) is 11.1. The number of fused-ring (bicyclic) bond motifs is 1. The van der Waals surface area contributed by atoms with Crippen molar-refractivity contribution in [1.82, 2.24) is 9.88 Å². The Labute approximate surface area is 181 Å². The van der Waals surface area contributed by atoms with Crippen LogP contribution in [0.1, 0.15) is 20.8 Å². The second-order valence-electron chi connectivity index (χ2n) is 7.97. The first kappa shape index (κ1) is 21.7. The van der Waals surface area contributed by atoms with E-state index in [9.17, 15) is 9.90 Å². The molecule has 0 aliphatic carbocycles. The molecule has 0 saturated heterocycles. The molecule has 3 rings (SSSR count). The Balaban J connectivity index is 1.63. The second kappa shape index (κ2) is 8.79. The summed E-state index contributed by atoms with van der Waals surface area (Å²) in [5.41, 5.74) is 1.68. The highest BCUT2D eigenvalue weighted by Crippen LogP contribution is 2.30. The van der Waals surface area contributed by atoms with Gasteiger partial charge >= 0.3 is 6.09 Å². The molecule has 0 aliphatic heterocycles. The van der Waals surface area contributed by atoms with Crippen LogP contribution >= 0.6 is 11.6 Å². The molecule has 30 heavy (non-hydrogen) atoms. The van der Waals surface area contributed by atoms with Crippen molar-refractivity contribution in [2.45, 2.75) is 26.4 Å². The number of hydrogen-bond acceptors (Lipinski definition) is 5. The van der Waals surface area contributed by atoms with E-state index in [1.165, 1.54) is 4.90 Å². The van der Waals surface area contributed by atoms with Crippen molar-refractivity contribution in [3.05, 3.63) is 53.6 Å². The molecule has 0 aliphatic rings. The maximum atomic E-state index is 12.0. The molecule has 3 aromatic rings. The number of carbonyl (C=O) groups excluding carboxylic acids is 1. The summed E-state index contributed by atoms with van der Waals surface area (Å²) < 4.78 is 11.0. The number of ether oxygens (including phenoxy) is 2. The standard InChI is InChI=1S/C23H25ClN2O4/c1-23(2,3)30-22(28)26(4)11-12-29-17-8-5-15(6-9-17)20-14-19(24)18-10-7-16(27)13-21(18)25-20/h5-10,13-14,27H,11-12H2,1-4H3. The number of rotatable bonds is 5. The summed E-state index contributed by atoms with van der Waals surface area (Å²) in [6.07, 6.45) is -0.383. The molecule has 6 nitrogen and oxygen atoms in total. The summed E-state index contributed by atoms with van der Waals surface area (Å²) >= 11 is 6.37. The van der Waals surface area contributed by atoms with Crippen LogP contribution < -0.4 is 4.74 Å². The quantitative estimate of drug-likeness (QED) is 0.580. The lowest BCUT2D eigenvalue weighted by atomic mass is 10.1. The summed E-state index contributed by atoms with van der Waals surface area (Å²) in [4.78, 5) is 18.0. The number of halogens is 1. The largest absolute Gasteiger partial charge is 0.508 e. The molecule has 0 fully saturated rings. The average molecular weight is 429 g/mol. The molecule has 0 bridgehead atoms. The third kappa shape index (κ3) is 5.54. The molecule has 1 aromatic heterocycles. The molecule has 2 aromatic carbocycles. The predicted molar refractivity (Wildman–Crippen MR) is 118 cm³/mol. The normalized spacial score (nSPS) is 11.4. The Bertz CT molecular complexity index is 1050. The second-order valence-corrected chi connectivity index (χ2v) is 8.37. The first-order valence-corrected chi connectivity index (χ1v) is 9.97. The highest BCUT2D eigenvalue weighted by atomic mass is 35.5. The molecule has 0 spiro atoms. The predicted octanol–water partition coefficient (Wildman–Crippen LogP) is 5.51. The Hall–Kier alpha value is -2.99. The van der Waals surface area contributed by atoms with E-state index < -0.39 is 5.60 Å². The van der Waals surface area contributed by atoms with Gasteiger partial charge in [-0.15, -0.1) is 0 Å². The smallest absolute Gasteiger partial charge is 0.410 e. The molecule has 1 N–H and O–H groups in total. The van der Waals surface area contributed by atoms with E-state index in [-0.39, 0.29) is 11.8 Å². The third-order valence-electron chi connectivity index (χ3n) is 4.29. The van der Waals surface area contributed by atoms with Gasteiger partial charge in [0.1, 0.15) is 23.7 Å². The molecular formula is C23H25ClN2O4. The minimum atomic E-state index is -0.527. The number of phenolic OH excluding ortho intramolecular Hbond substituents is 1. The van der Waals surface area contributed by atoms with Crippen LogP contribution in [0.5, 0.6) is 11.5 Å². The number of aromatic nitrogens is 1. The van der Waals surface area contributed by atoms with E-state index in [0.29, 0.717) is 35.1 Å². The van der Waals surface area contributed by atoms with Crippen LogP contribution in [0, 0.1) is 0 Å².